The van der Waals surface area contributed by atoms with E-state index in [0.717, 1.165) is 0 Å². The summed E-state index contributed by atoms with van der Waals surface area (Å²) in [6, 6.07) is 3.22. The summed E-state index contributed by atoms with van der Waals surface area (Å²) in [5.41, 5.74) is 0.0321. The van der Waals surface area contributed by atoms with Gasteiger partial charge in [0.15, 0.2) is 17.8 Å². The van der Waals surface area contributed by atoms with Crippen molar-refractivity contribution in [2.24, 2.45) is 5.16 Å². The maximum Gasteiger partial charge on any atom is 0.263 e. The molecule has 2 rings (SSSR count). The second-order valence-electron chi connectivity index (χ2n) is 3.25. The summed E-state index contributed by atoms with van der Waals surface area (Å²) in [6.45, 7) is 0.566. The summed E-state index contributed by atoms with van der Waals surface area (Å²) >= 11 is 0. The van der Waals surface area contributed by atoms with Crippen LogP contribution >= 0.6 is 0 Å². The minimum atomic E-state index is -0.620. The minimum Gasteiger partial charge on any atom is -0.462 e. The summed E-state index contributed by atoms with van der Waals surface area (Å²) in [4.78, 5) is 26.8. The number of carbonyl (C=O) groups is 2. The fourth-order valence-corrected chi connectivity index (χ4v) is 1.34. The second-order valence-corrected chi connectivity index (χ2v) is 3.25. The van der Waals surface area contributed by atoms with E-state index in [1.165, 1.54) is 6.26 Å². The molecular weight excluding hydrogens is 212 g/mol. The average molecular weight is 222 g/mol. The predicted octanol–water partition coefficient (Wildman–Crippen LogP) is 0.0877. The second kappa shape index (κ2) is 4.61. The Kier molecular flexibility index (Phi) is 3.00. The zero-order valence-corrected chi connectivity index (χ0v) is 8.38. The van der Waals surface area contributed by atoms with E-state index in [1.54, 1.807) is 12.1 Å². The summed E-state index contributed by atoms with van der Waals surface area (Å²) in [7, 11) is 0. The van der Waals surface area contributed by atoms with Crippen LogP contribution in [-0.2, 0) is 14.4 Å². The molecule has 1 fully saturated rings. The molecule has 0 saturated carbocycles. The van der Waals surface area contributed by atoms with Crippen LogP contribution < -0.4 is 5.32 Å². The zero-order chi connectivity index (χ0) is 11.4. The molecule has 1 aliphatic rings. The zero-order valence-electron chi connectivity index (χ0n) is 8.38. The number of hydrogen-bond acceptors (Lipinski definition) is 5. The van der Waals surface area contributed by atoms with Gasteiger partial charge in [0.05, 0.1) is 6.26 Å². The Morgan fingerprint density at radius 2 is 2.56 bits per heavy atom. The number of hydrogen-bond donors (Lipinski definition) is 1. The van der Waals surface area contributed by atoms with Crippen LogP contribution in [0.4, 0.5) is 0 Å². The van der Waals surface area contributed by atoms with Gasteiger partial charge in [-0.3, -0.25) is 9.59 Å². The first kappa shape index (κ1) is 10.4. The van der Waals surface area contributed by atoms with Crippen LogP contribution in [0.2, 0.25) is 0 Å². The van der Waals surface area contributed by atoms with E-state index in [4.69, 9.17) is 9.25 Å². The lowest BCUT2D eigenvalue weighted by atomic mass is 10.3. The van der Waals surface area contributed by atoms with Gasteiger partial charge in [0.1, 0.15) is 0 Å². The van der Waals surface area contributed by atoms with Crippen molar-refractivity contribution >= 4 is 17.9 Å². The minimum absolute atomic E-state index is 0.0321. The number of carbonyl (C=O) groups excluding carboxylic acids is 2. The fourth-order valence-electron chi connectivity index (χ4n) is 1.34. The standard InChI is InChI=1S/C10H10N2O4/c13-6-7(8-2-1-5-15-8)12-16-9-3-4-11-10(9)14/h1-2,5-6,9H,3-4H2,(H,11,14). The van der Waals surface area contributed by atoms with E-state index >= 15 is 0 Å². The normalized spacial score (nSPS) is 20.6. The van der Waals surface area contributed by atoms with Gasteiger partial charge in [0.2, 0.25) is 6.10 Å². The lowest BCUT2D eigenvalue weighted by Gasteiger charge is -2.04. The van der Waals surface area contributed by atoms with E-state index in [9.17, 15) is 9.59 Å². The molecule has 1 aliphatic heterocycles. The molecule has 0 aromatic carbocycles. The Labute approximate surface area is 91.2 Å². The van der Waals surface area contributed by atoms with E-state index in [-0.39, 0.29) is 11.6 Å². The highest BCUT2D eigenvalue weighted by atomic mass is 16.6. The molecule has 1 saturated heterocycles. The summed E-state index contributed by atoms with van der Waals surface area (Å²) in [5.74, 6) is 0.0989. The highest BCUT2D eigenvalue weighted by Gasteiger charge is 2.26. The van der Waals surface area contributed by atoms with Crippen molar-refractivity contribution in [2.45, 2.75) is 12.5 Å². The number of oxime groups is 1. The van der Waals surface area contributed by atoms with Gasteiger partial charge < -0.3 is 14.6 Å². The average Bonchev–Trinajstić information content (AvgIpc) is 2.92. The van der Waals surface area contributed by atoms with Crippen LogP contribution in [0.5, 0.6) is 0 Å². The van der Waals surface area contributed by atoms with Crippen LogP contribution in [0, 0.1) is 0 Å². The Morgan fingerprint density at radius 1 is 1.69 bits per heavy atom. The number of aldehydes is 1. The first-order chi connectivity index (χ1) is 7.81. The molecule has 0 aliphatic carbocycles. The van der Waals surface area contributed by atoms with Crippen LogP contribution in [0.25, 0.3) is 0 Å². The molecule has 6 heteroatoms. The first-order valence-electron chi connectivity index (χ1n) is 4.82. The number of amides is 1. The summed E-state index contributed by atoms with van der Waals surface area (Å²) in [6.07, 6.45) is 1.87. The Bertz CT molecular complexity index is 410. The van der Waals surface area contributed by atoms with Crippen LogP contribution in [0.15, 0.2) is 28.0 Å². The van der Waals surface area contributed by atoms with Gasteiger partial charge in [-0.1, -0.05) is 5.16 Å². The Balaban J connectivity index is 2.04. The molecule has 0 radical (unpaired) electrons. The van der Waals surface area contributed by atoms with E-state index in [2.05, 4.69) is 10.5 Å². The number of nitrogens with zero attached hydrogens (tertiary/aromatic N) is 1. The number of nitrogens with one attached hydrogen (secondary N) is 1. The fraction of sp³-hybridized carbons (Fsp3) is 0.300. The molecule has 2 heterocycles. The SMILES string of the molecule is O=CC(=NOC1CCNC1=O)c1ccco1. The predicted molar refractivity (Wildman–Crippen MR) is 53.8 cm³/mol. The molecule has 1 unspecified atom stereocenters. The molecule has 16 heavy (non-hydrogen) atoms. The monoisotopic (exact) mass is 222 g/mol. The van der Waals surface area contributed by atoms with Gasteiger partial charge in [-0.2, -0.15) is 0 Å². The highest BCUT2D eigenvalue weighted by Crippen LogP contribution is 2.07. The van der Waals surface area contributed by atoms with Gasteiger partial charge in [0.25, 0.3) is 5.91 Å². The van der Waals surface area contributed by atoms with Gasteiger partial charge in [-0.25, -0.2) is 0 Å². The van der Waals surface area contributed by atoms with Crippen molar-refractivity contribution < 1.29 is 18.8 Å². The molecule has 0 spiro atoms. The van der Waals surface area contributed by atoms with Gasteiger partial charge in [-0.05, 0) is 12.1 Å². The lowest BCUT2D eigenvalue weighted by Crippen LogP contribution is -2.24. The molecule has 1 N–H and O–H groups in total. The van der Waals surface area contributed by atoms with Crippen LogP contribution in [0.1, 0.15) is 12.2 Å². The number of rotatable bonds is 4. The van der Waals surface area contributed by atoms with Crippen molar-refractivity contribution in [1.29, 1.82) is 0 Å². The van der Waals surface area contributed by atoms with Crippen LogP contribution in [-0.4, -0.2) is 30.6 Å². The van der Waals surface area contributed by atoms with Gasteiger partial charge in [0, 0.05) is 13.0 Å². The van der Waals surface area contributed by atoms with Crippen molar-refractivity contribution in [3.63, 3.8) is 0 Å². The Morgan fingerprint density at radius 3 is 3.12 bits per heavy atom. The van der Waals surface area contributed by atoms with Crippen LogP contribution in [0.3, 0.4) is 0 Å². The maximum absolute atomic E-state index is 11.1. The van der Waals surface area contributed by atoms with E-state index in [0.29, 0.717) is 25.0 Å². The topological polar surface area (TPSA) is 80.9 Å². The third-order valence-electron chi connectivity index (χ3n) is 2.16. The molecule has 6 nitrogen and oxygen atoms in total. The number of furan rings is 1. The molecule has 1 aromatic heterocycles. The maximum atomic E-state index is 11.1. The molecule has 1 amide bonds. The smallest absolute Gasteiger partial charge is 0.263 e. The van der Waals surface area contributed by atoms with Crippen molar-refractivity contribution in [1.82, 2.24) is 5.32 Å². The van der Waals surface area contributed by atoms with E-state index in [1.807, 2.05) is 0 Å². The third-order valence-corrected chi connectivity index (χ3v) is 2.16. The van der Waals surface area contributed by atoms with Gasteiger partial charge >= 0.3 is 0 Å². The van der Waals surface area contributed by atoms with Crippen molar-refractivity contribution in [3.05, 3.63) is 24.2 Å². The third kappa shape index (κ3) is 2.10. The molecule has 1 atom stereocenters. The van der Waals surface area contributed by atoms with Crippen molar-refractivity contribution in [3.8, 4) is 0 Å². The first-order valence-corrected chi connectivity index (χ1v) is 4.82. The van der Waals surface area contributed by atoms with E-state index < -0.39 is 6.10 Å². The largest absolute Gasteiger partial charge is 0.462 e. The lowest BCUT2D eigenvalue weighted by molar-refractivity contribution is -0.129. The molecular formula is C10H10N2O4. The Hall–Kier alpha value is -2.11. The summed E-state index contributed by atoms with van der Waals surface area (Å²) in [5, 5.41) is 6.21. The molecule has 84 valence electrons. The van der Waals surface area contributed by atoms with Crippen molar-refractivity contribution in [2.75, 3.05) is 6.54 Å². The summed E-state index contributed by atoms with van der Waals surface area (Å²) < 4.78 is 4.99. The highest BCUT2D eigenvalue weighted by molar-refractivity contribution is 6.35. The quantitative estimate of drug-likeness (QED) is 0.444. The van der Waals surface area contributed by atoms with Gasteiger partial charge in [-0.15, -0.1) is 0 Å². The molecule has 1 aromatic rings. The molecule has 0 bridgehead atoms.